The van der Waals surface area contributed by atoms with Gasteiger partial charge >= 0.3 is 0 Å². The zero-order valence-electron chi connectivity index (χ0n) is 16.8. The topological polar surface area (TPSA) is 78.5 Å². The molecule has 2 rings (SSSR count). The third kappa shape index (κ3) is 5.78. The van der Waals surface area contributed by atoms with Crippen LogP contribution in [0.5, 0.6) is 0 Å². The highest BCUT2D eigenvalue weighted by atomic mass is 19.1. The van der Waals surface area contributed by atoms with E-state index < -0.39 is 17.8 Å². The summed E-state index contributed by atoms with van der Waals surface area (Å²) in [6.45, 7) is 6.63. The van der Waals surface area contributed by atoms with Gasteiger partial charge in [0.25, 0.3) is 5.91 Å². The highest BCUT2D eigenvalue weighted by molar-refractivity contribution is 5.97. The Balaban J connectivity index is 2.04. The Morgan fingerprint density at radius 1 is 1.25 bits per heavy atom. The summed E-state index contributed by atoms with van der Waals surface area (Å²) in [5.74, 6) is -1.58. The molecule has 2 unspecified atom stereocenters. The second kappa shape index (κ2) is 10.2. The maximum absolute atomic E-state index is 13.9. The minimum atomic E-state index is -0.753. The molecule has 3 amide bonds. The van der Waals surface area contributed by atoms with Gasteiger partial charge in [-0.15, -0.1) is 0 Å². The van der Waals surface area contributed by atoms with E-state index in [-0.39, 0.29) is 29.3 Å². The second-order valence-corrected chi connectivity index (χ2v) is 7.62. The van der Waals surface area contributed by atoms with Gasteiger partial charge in [-0.1, -0.05) is 32.9 Å². The van der Waals surface area contributed by atoms with Gasteiger partial charge in [-0.3, -0.25) is 14.4 Å². The van der Waals surface area contributed by atoms with E-state index in [1.54, 1.807) is 11.0 Å². The summed E-state index contributed by atoms with van der Waals surface area (Å²) in [6, 6.07) is 4.88. The van der Waals surface area contributed by atoms with Crippen molar-refractivity contribution in [2.75, 3.05) is 13.1 Å². The van der Waals surface area contributed by atoms with Crippen LogP contribution in [-0.4, -0.2) is 47.8 Å². The van der Waals surface area contributed by atoms with Crippen LogP contribution in [0.15, 0.2) is 24.3 Å². The van der Waals surface area contributed by atoms with E-state index in [0.717, 1.165) is 19.3 Å². The Hall–Kier alpha value is -2.44. The second-order valence-electron chi connectivity index (χ2n) is 7.62. The van der Waals surface area contributed by atoms with Crippen molar-refractivity contribution in [1.29, 1.82) is 0 Å². The molecule has 0 aromatic heterocycles. The van der Waals surface area contributed by atoms with Crippen molar-refractivity contribution in [2.45, 2.75) is 58.5 Å². The highest BCUT2D eigenvalue weighted by Crippen LogP contribution is 2.16. The smallest absolute Gasteiger partial charge is 0.254 e. The van der Waals surface area contributed by atoms with Crippen LogP contribution in [0.2, 0.25) is 0 Å². The number of nitrogens with one attached hydrogen (secondary N) is 2. The summed E-state index contributed by atoms with van der Waals surface area (Å²) in [5, 5.41) is 5.67. The first-order valence-corrected chi connectivity index (χ1v) is 9.97. The Morgan fingerprint density at radius 3 is 2.61 bits per heavy atom. The molecule has 2 atom stereocenters. The molecule has 1 heterocycles. The van der Waals surface area contributed by atoms with Gasteiger partial charge in [-0.25, -0.2) is 4.39 Å². The molecule has 1 aliphatic rings. The quantitative estimate of drug-likeness (QED) is 0.750. The molecular formula is C21H30FN3O3. The highest BCUT2D eigenvalue weighted by Gasteiger charge is 2.32. The van der Waals surface area contributed by atoms with Crippen LogP contribution in [0.4, 0.5) is 4.39 Å². The third-order valence-electron chi connectivity index (χ3n) is 4.91. The summed E-state index contributed by atoms with van der Waals surface area (Å²) in [5.41, 5.74) is -0.0794. The molecule has 154 valence electrons. The van der Waals surface area contributed by atoms with Crippen molar-refractivity contribution in [1.82, 2.24) is 15.5 Å². The average Bonchev–Trinajstić information content (AvgIpc) is 2.66. The fourth-order valence-electron chi connectivity index (χ4n) is 3.40. The third-order valence-corrected chi connectivity index (χ3v) is 4.91. The molecule has 0 spiro atoms. The van der Waals surface area contributed by atoms with E-state index in [1.807, 2.05) is 20.8 Å². The van der Waals surface area contributed by atoms with Crippen molar-refractivity contribution >= 4 is 17.7 Å². The molecule has 1 aromatic rings. The lowest BCUT2D eigenvalue weighted by molar-refractivity contribution is -0.136. The standard InChI is InChI=1S/C21H30FN3O3/c1-4-8-18(26)23-15-9-7-12-25(13-15)21(28)19(14(2)3)24-20(27)16-10-5-6-11-17(16)22/h5-6,10-11,14-15,19H,4,7-9,12-13H2,1-3H3,(H,23,26)(H,24,27). The number of halogens is 1. The van der Waals surface area contributed by atoms with Crippen molar-refractivity contribution in [2.24, 2.45) is 5.92 Å². The predicted octanol–water partition coefficient (Wildman–Crippen LogP) is 2.49. The van der Waals surface area contributed by atoms with Crippen molar-refractivity contribution in [3.8, 4) is 0 Å². The lowest BCUT2D eigenvalue weighted by Crippen LogP contribution is -2.56. The van der Waals surface area contributed by atoms with Crippen LogP contribution in [-0.2, 0) is 9.59 Å². The van der Waals surface area contributed by atoms with Gasteiger partial charge < -0.3 is 15.5 Å². The van der Waals surface area contributed by atoms with E-state index in [0.29, 0.717) is 19.5 Å². The maximum atomic E-state index is 13.9. The Kier molecular flexibility index (Phi) is 7.96. The molecule has 6 nitrogen and oxygen atoms in total. The number of hydrogen-bond acceptors (Lipinski definition) is 3. The molecule has 0 saturated carbocycles. The minimum absolute atomic E-state index is 0.00457. The van der Waals surface area contributed by atoms with E-state index in [9.17, 15) is 18.8 Å². The van der Waals surface area contributed by atoms with Crippen LogP contribution in [0.3, 0.4) is 0 Å². The first kappa shape index (κ1) is 21.9. The molecule has 1 fully saturated rings. The van der Waals surface area contributed by atoms with Crippen LogP contribution < -0.4 is 10.6 Å². The zero-order valence-corrected chi connectivity index (χ0v) is 16.8. The first-order chi connectivity index (χ1) is 13.3. The monoisotopic (exact) mass is 391 g/mol. The Morgan fingerprint density at radius 2 is 1.96 bits per heavy atom. The number of rotatable bonds is 7. The Labute approximate surface area is 165 Å². The number of hydrogen-bond donors (Lipinski definition) is 2. The number of likely N-dealkylation sites (tertiary alicyclic amines) is 1. The summed E-state index contributed by atoms with van der Waals surface area (Å²) in [7, 11) is 0. The van der Waals surface area contributed by atoms with Gasteiger partial charge in [-0.05, 0) is 37.3 Å². The molecule has 1 aliphatic heterocycles. The molecule has 2 N–H and O–H groups in total. The van der Waals surface area contributed by atoms with Gasteiger partial charge in [0.2, 0.25) is 11.8 Å². The predicted molar refractivity (Wildman–Crippen MR) is 105 cm³/mol. The molecule has 0 bridgehead atoms. The van der Waals surface area contributed by atoms with Gasteiger partial charge in [0.1, 0.15) is 11.9 Å². The van der Waals surface area contributed by atoms with Gasteiger partial charge in [-0.2, -0.15) is 0 Å². The lowest BCUT2D eigenvalue weighted by Gasteiger charge is -2.36. The minimum Gasteiger partial charge on any atom is -0.352 e. The van der Waals surface area contributed by atoms with E-state index in [4.69, 9.17) is 0 Å². The van der Waals surface area contributed by atoms with Crippen LogP contribution >= 0.6 is 0 Å². The molecule has 1 aromatic carbocycles. The molecule has 28 heavy (non-hydrogen) atoms. The molecular weight excluding hydrogens is 361 g/mol. The molecule has 7 heteroatoms. The van der Waals surface area contributed by atoms with Crippen molar-refractivity contribution in [3.63, 3.8) is 0 Å². The number of amides is 3. The van der Waals surface area contributed by atoms with E-state index in [1.165, 1.54) is 18.2 Å². The van der Waals surface area contributed by atoms with Gasteiger partial charge in [0.05, 0.1) is 5.56 Å². The molecule has 0 aliphatic carbocycles. The summed E-state index contributed by atoms with van der Waals surface area (Å²) in [6.07, 6.45) is 2.86. The largest absolute Gasteiger partial charge is 0.352 e. The average molecular weight is 391 g/mol. The SMILES string of the molecule is CCCC(=O)NC1CCCN(C(=O)C(NC(=O)c2ccccc2F)C(C)C)C1. The summed E-state index contributed by atoms with van der Waals surface area (Å²) in [4.78, 5) is 39.1. The normalized spacial score (nSPS) is 17.9. The molecule has 1 saturated heterocycles. The maximum Gasteiger partial charge on any atom is 0.254 e. The van der Waals surface area contributed by atoms with Gasteiger partial charge in [0.15, 0.2) is 0 Å². The van der Waals surface area contributed by atoms with Crippen molar-refractivity contribution < 1.29 is 18.8 Å². The van der Waals surface area contributed by atoms with Crippen LogP contribution in [0.1, 0.15) is 56.8 Å². The first-order valence-electron chi connectivity index (χ1n) is 9.97. The van der Waals surface area contributed by atoms with Crippen LogP contribution in [0, 0.1) is 11.7 Å². The van der Waals surface area contributed by atoms with E-state index in [2.05, 4.69) is 10.6 Å². The van der Waals surface area contributed by atoms with Crippen molar-refractivity contribution in [3.05, 3.63) is 35.6 Å². The number of carbonyl (C=O) groups excluding carboxylic acids is 3. The number of piperidine rings is 1. The summed E-state index contributed by atoms with van der Waals surface area (Å²) >= 11 is 0. The lowest BCUT2D eigenvalue weighted by atomic mass is 9.99. The van der Waals surface area contributed by atoms with Crippen LogP contribution in [0.25, 0.3) is 0 Å². The summed E-state index contributed by atoms with van der Waals surface area (Å²) < 4.78 is 13.9. The number of nitrogens with zero attached hydrogens (tertiary/aromatic N) is 1. The molecule has 0 radical (unpaired) electrons. The number of carbonyl (C=O) groups is 3. The van der Waals surface area contributed by atoms with Gasteiger partial charge in [0, 0.05) is 25.6 Å². The fraction of sp³-hybridized carbons (Fsp3) is 0.571. The fourth-order valence-corrected chi connectivity index (χ4v) is 3.40. The number of benzene rings is 1. The zero-order chi connectivity index (χ0) is 20.7. The van der Waals surface area contributed by atoms with E-state index >= 15 is 0 Å². The Bertz CT molecular complexity index is 708.